The third-order valence-electron chi connectivity index (χ3n) is 5.53. The number of unbranched alkanes of at least 4 members (excludes halogenated alkanes) is 13. The van der Waals surface area contributed by atoms with E-state index in [2.05, 4.69) is 36.6 Å². The van der Waals surface area contributed by atoms with Crippen molar-refractivity contribution < 1.29 is 8.98 Å². The summed E-state index contributed by atoms with van der Waals surface area (Å²) in [5, 5.41) is 0. The maximum Gasteiger partial charge on any atom is 0.344 e. The molecule has 0 atom stereocenters. The van der Waals surface area contributed by atoms with Crippen LogP contribution in [0.1, 0.15) is 103 Å². The minimum Gasteiger partial charge on any atom is -0.402 e. The van der Waals surface area contributed by atoms with Gasteiger partial charge in [-0.25, -0.2) is 0 Å². The minimum atomic E-state index is 1.01. The first kappa shape index (κ1) is 21.0. The van der Waals surface area contributed by atoms with Crippen LogP contribution in [0.5, 0.6) is 0 Å². The van der Waals surface area contributed by atoms with Crippen molar-refractivity contribution in [3.63, 3.8) is 0 Å². The molecule has 0 aliphatic heterocycles. The monoisotopic (exact) mass is 358 g/mol. The van der Waals surface area contributed by atoms with Gasteiger partial charge in [0.2, 0.25) is 5.58 Å². The zero-order chi connectivity index (χ0) is 18.5. The van der Waals surface area contributed by atoms with Crippen molar-refractivity contribution in [1.82, 2.24) is 0 Å². The highest BCUT2D eigenvalue weighted by Crippen LogP contribution is 2.15. The maximum atomic E-state index is 5.83. The Morgan fingerprint density at radius 2 is 1.19 bits per heavy atom. The van der Waals surface area contributed by atoms with Gasteiger partial charge in [0.15, 0.2) is 6.54 Å². The summed E-state index contributed by atoms with van der Waals surface area (Å²) in [5.74, 6) is 1.03. The van der Waals surface area contributed by atoms with E-state index in [1.54, 1.807) is 0 Å². The van der Waals surface area contributed by atoms with Gasteiger partial charge in [-0.2, -0.15) is 4.57 Å². The molecular formula is C24H40NO+. The van der Waals surface area contributed by atoms with Crippen LogP contribution in [-0.2, 0) is 6.54 Å². The summed E-state index contributed by atoms with van der Waals surface area (Å²) in [4.78, 5) is 0. The Morgan fingerprint density at radius 1 is 0.692 bits per heavy atom. The van der Waals surface area contributed by atoms with Gasteiger partial charge in [0.25, 0.3) is 5.52 Å². The summed E-state index contributed by atoms with van der Waals surface area (Å²) in [6, 6.07) is 8.36. The molecule has 0 fully saturated rings. The van der Waals surface area contributed by atoms with Crippen LogP contribution in [-0.4, -0.2) is 0 Å². The van der Waals surface area contributed by atoms with E-state index in [1.807, 2.05) is 6.07 Å². The van der Waals surface area contributed by atoms with Gasteiger partial charge in [-0.15, -0.1) is 0 Å². The lowest BCUT2D eigenvalue weighted by molar-refractivity contribution is -0.683. The zero-order valence-corrected chi connectivity index (χ0v) is 17.3. The normalized spacial score (nSPS) is 11.5. The lowest BCUT2D eigenvalue weighted by Crippen LogP contribution is -2.35. The molecule has 0 saturated heterocycles. The van der Waals surface area contributed by atoms with Crippen LogP contribution in [0.2, 0.25) is 0 Å². The van der Waals surface area contributed by atoms with Crippen LogP contribution in [0.3, 0.4) is 0 Å². The Labute approximate surface area is 161 Å². The average molecular weight is 359 g/mol. The molecule has 1 aromatic heterocycles. The van der Waals surface area contributed by atoms with Gasteiger partial charge in [0, 0.05) is 12.5 Å². The van der Waals surface area contributed by atoms with Crippen molar-refractivity contribution in [2.75, 3.05) is 0 Å². The van der Waals surface area contributed by atoms with Crippen molar-refractivity contribution in [1.29, 1.82) is 0 Å². The number of para-hydroxylation sites is 2. The van der Waals surface area contributed by atoms with Crippen molar-refractivity contribution in [3.05, 3.63) is 30.2 Å². The molecule has 0 aliphatic carbocycles. The lowest BCUT2D eigenvalue weighted by atomic mass is 10.0. The number of rotatable bonds is 15. The van der Waals surface area contributed by atoms with Crippen LogP contribution in [0.15, 0.2) is 28.7 Å². The fourth-order valence-electron chi connectivity index (χ4n) is 3.89. The molecule has 0 saturated carbocycles. The molecule has 0 bridgehead atoms. The first-order valence-corrected chi connectivity index (χ1v) is 11.2. The van der Waals surface area contributed by atoms with Gasteiger partial charge in [-0.1, -0.05) is 96.1 Å². The largest absolute Gasteiger partial charge is 0.402 e. The number of benzene rings is 1. The Morgan fingerprint density at radius 3 is 1.77 bits per heavy atom. The average Bonchev–Trinajstić information content (AvgIpc) is 2.97. The first-order chi connectivity index (χ1) is 12.8. The molecule has 0 aliphatic rings. The first-order valence-electron chi connectivity index (χ1n) is 11.2. The van der Waals surface area contributed by atoms with E-state index in [-0.39, 0.29) is 0 Å². The highest BCUT2D eigenvalue weighted by atomic mass is 16.3. The van der Waals surface area contributed by atoms with E-state index < -0.39 is 0 Å². The highest BCUT2D eigenvalue weighted by molar-refractivity contribution is 5.68. The Hall–Kier alpha value is -1.31. The third-order valence-corrected chi connectivity index (χ3v) is 5.53. The number of aryl methyl sites for hydroxylation is 2. The number of hydrogen-bond donors (Lipinski definition) is 0. The van der Waals surface area contributed by atoms with E-state index >= 15 is 0 Å². The number of aromatic nitrogens is 1. The Balaban J connectivity index is 1.43. The van der Waals surface area contributed by atoms with Gasteiger partial charge >= 0.3 is 5.89 Å². The van der Waals surface area contributed by atoms with Crippen LogP contribution in [0, 0.1) is 6.92 Å². The van der Waals surface area contributed by atoms with E-state index in [0.717, 1.165) is 18.0 Å². The van der Waals surface area contributed by atoms with Crippen molar-refractivity contribution in [2.24, 2.45) is 0 Å². The van der Waals surface area contributed by atoms with E-state index in [1.165, 1.54) is 95.4 Å². The quantitative estimate of drug-likeness (QED) is 0.238. The van der Waals surface area contributed by atoms with E-state index in [4.69, 9.17) is 4.42 Å². The summed E-state index contributed by atoms with van der Waals surface area (Å²) in [6.45, 7) is 5.45. The number of hydrogen-bond acceptors (Lipinski definition) is 1. The van der Waals surface area contributed by atoms with Crippen LogP contribution < -0.4 is 4.57 Å². The number of nitrogens with zero attached hydrogens (tertiary/aromatic N) is 1. The second-order valence-electron chi connectivity index (χ2n) is 7.84. The van der Waals surface area contributed by atoms with Crippen molar-refractivity contribution in [3.8, 4) is 0 Å². The minimum absolute atomic E-state index is 1.01. The van der Waals surface area contributed by atoms with Crippen LogP contribution in [0.25, 0.3) is 11.1 Å². The molecular weight excluding hydrogens is 318 g/mol. The molecule has 2 rings (SSSR count). The lowest BCUT2D eigenvalue weighted by Gasteiger charge is -2.02. The van der Waals surface area contributed by atoms with Crippen LogP contribution >= 0.6 is 0 Å². The second kappa shape index (κ2) is 12.9. The third kappa shape index (κ3) is 7.51. The van der Waals surface area contributed by atoms with Gasteiger partial charge in [0.05, 0.1) is 6.92 Å². The SMILES string of the molecule is CCCCCCCCCCCCCCCC[n+]1c(C)oc2ccccc21. The Bertz CT molecular complexity index is 601. The topological polar surface area (TPSA) is 17.0 Å². The molecule has 2 heteroatoms. The summed E-state index contributed by atoms with van der Waals surface area (Å²) in [7, 11) is 0. The van der Waals surface area contributed by atoms with E-state index in [9.17, 15) is 0 Å². The highest BCUT2D eigenvalue weighted by Gasteiger charge is 2.17. The summed E-state index contributed by atoms with van der Waals surface area (Å²) < 4.78 is 8.16. The smallest absolute Gasteiger partial charge is 0.344 e. The van der Waals surface area contributed by atoms with Gasteiger partial charge in [-0.3, -0.25) is 0 Å². The van der Waals surface area contributed by atoms with Crippen LogP contribution in [0.4, 0.5) is 0 Å². The van der Waals surface area contributed by atoms with Gasteiger partial charge in [-0.05, 0) is 12.5 Å². The maximum absolute atomic E-state index is 5.83. The molecule has 26 heavy (non-hydrogen) atoms. The summed E-state index contributed by atoms with van der Waals surface area (Å²) in [6.07, 6.45) is 19.8. The molecule has 0 amide bonds. The molecule has 2 nitrogen and oxygen atoms in total. The molecule has 0 radical (unpaired) electrons. The Kier molecular flexibility index (Phi) is 10.5. The molecule has 0 unspecified atom stereocenters. The molecule has 146 valence electrons. The fraction of sp³-hybridized carbons (Fsp3) is 0.708. The predicted molar refractivity (Wildman–Crippen MR) is 111 cm³/mol. The molecule has 1 heterocycles. The van der Waals surface area contributed by atoms with Crippen molar-refractivity contribution >= 4 is 11.1 Å². The summed E-state index contributed by atoms with van der Waals surface area (Å²) >= 11 is 0. The molecule has 1 aromatic carbocycles. The predicted octanol–water partition coefficient (Wildman–Crippen LogP) is 7.51. The summed E-state index contributed by atoms with van der Waals surface area (Å²) in [5.41, 5.74) is 2.25. The van der Waals surface area contributed by atoms with Crippen molar-refractivity contribution in [2.45, 2.75) is 110 Å². The molecule has 2 aromatic rings. The van der Waals surface area contributed by atoms with Gasteiger partial charge < -0.3 is 4.42 Å². The van der Waals surface area contributed by atoms with E-state index in [0.29, 0.717) is 0 Å². The van der Waals surface area contributed by atoms with Gasteiger partial charge in [0.1, 0.15) is 0 Å². The number of oxazole rings is 1. The standard InChI is InChI=1S/C24H40NO/c1-3-4-5-6-7-8-9-10-11-12-13-14-15-18-21-25-22(2)26-24-20-17-16-19-23(24)25/h16-17,19-20H,3-15,18,21H2,1-2H3/q+1. The zero-order valence-electron chi connectivity index (χ0n) is 17.3. The molecule has 0 spiro atoms. The number of fused-ring (bicyclic) bond motifs is 1. The fourth-order valence-corrected chi connectivity index (χ4v) is 3.89. The molecule has 0 N–H and O–H groups in total. The second-order valence-corrected chi connectivity index (χ2v) is 7.84.